The van der Waals surface area contributed by atoms with Crippen molar-refractivity contribution in [3.05, 3.63) is 0 Å². The maximum absolute atomic E-state index is 11.8. The predicted octanol–water partition coefficient (Wildman–Crippen LogP) is 5.40. The lowest BCUT2D eigenvalue weighted by Gasteiger charge is -2.23. The maximum Gasteiger partial charge on any atom is 0.305 e. The van der Waals surface area contributed by atoms with E-state index in [4.69, 9.17) is 4.74 Å². The van der Waals surface area contributed by atoms with E-state index in [1.54, 1.807) is 0 Å². The standard InChI is InChI=1S/C16H34O2Si/c1-6-7-8-9-10-11-12-13-14-18-16(17)15(2)19(3,4)5/h15H,6-14H2,1-5H3. The molecule has 0 heterocycles. The van der Waals surface area contributed by atoms with E-state index in [1.807, 2.05) is 6.92 Å². The third kappa shape index (κ3) is 10.2. The largest absolute Gasteiger partial charge is 0.466 e. The van der Waals surface area contributed by atoms with Gasteiger partial charge in [-0.05, 0) is 6.42 Å². The first-order chi connectivity index (χ1) is 8.89. The molecule has 1 unspecified atom stereocenters. The van der Waals surface area contributed by atoms with Crippen molar-refractivity contribution in [2.75, 3.05) is 6.61 Å². The van der Waals surface area contributed by atoms with Crippen LogP contribution in [-0.4, -0.2) is 20.7 Å². The first-order valence-electron chi connectivity index (χ1n) is 8.06. The molecule has 0 saturated heterocycles. The van der Waals surface area contributed by atoms with Crippen LogP contribution in [0.15, 0.2) is 0 Å². The van der Waals surface area contributed by atoms with Gasteiger partial charge in [-0.1, -0.05) is 78.4 Å². The molecule has 0 radical (unpaired) electrons. The first-order valence-corrected chi connectivity index (χ1v) is 11.6. The highest BCUT2D eigenvalue weighted by molar-refractivity contribution is 6.80. The second-order valence-electron chi connectivity index (χ2n) is 6.73. The summed E-state index contributed by atoms with van der Waals surface area (Å²) in [4.78, 5) is 11.8. The molecule has 0 aliphatic heterocycles. The average molecular weight is 287 g/mol. The van der Waals surface area contributed by atoms with Crippen LogP contribution in [0.1, 0.15) is 65.2 Å². The number of carbonyl (C=O) groups is 1. The Hall–Kier alpha value is -0.313. The quantitative estimate of drug-likeness (QED) is 0.289. The molecule has 0 bridgehead atoms. The summed E-state index contributed by atoms with van der Waals surface area (Å²) in [7, 11) is -1.39. The Labute approximate surface area is 121 Å². The molecule has 0 spiro atoms. The summed E-state index contributed by atoms with van der Waals surface area (Å²) in [6.07, 6.45) is 10.2. The lowest BCUT2D eigenvalue weighted by molar-refractivity contribution is -0.143. The van der Waals surface area contributed by atoms with Crippen LogP contribution in [0, 0.1) is 0 Å². The van der Waals surface area contributed by atoms with Crippen LogP contribution >= 0.6 is 0 Å². The molecule has 0 aliphatic rings. The third-order valence-corrected chi connectivity index (χ3v) is 6.73. The molecule has 1 atom stereocenters. The van der Waals surface area contributed by atoms with E-state index in [9.17, 15) is 4.79 Å². The second kappa shape index (κ2) is 10.5. The fourth-order valence-corrected chi connectivity index (χ4v) is 2.68. The first kappa shape index (κ1) is 18.7. The second-order valence-corrected chi connectivity index (χ2v) is 12.3. The molecule has 0 N–H and O–H groups in total. The number of esters is 1. The summed E-state index contributed by atoms with van der Waals surface area (Å²) >= 11 is 0. The molecule has 0 amide bonds. The number of hydrogen-bond donors (Lipinski definition) is 0. The highest BCUT2D eigenvalue weighted by Gasteiger charge is 2.29. The maximum atomic E-state index is 11.8. The van der Waals surface area contributed by atoms with Crippen molar-refractivity contribution in [1.82, 2.24) is 0 Å². The predicted molar refractivity (Wildman–Crippen MR) is 86.3 cm³/mol. The van der Waals surface area contributed by atoms with Crippen LogP contribution in [0.25, 0.3) is 0 Å². The van der Waals surface area contributed by atoms with Crippen molar-refractivity contribution in [1.29, 1.82) is 0 Å². The van der Waals surface area contributed by atoms with Gasteiger partial charge in [-0.3, -0.25) is 4.79 Å². The van der Waals surface area contributed by atoms with Gasteiger partial charge in [0, 0.05) is 5.54 Å². The van der Waals surface area contributed by atoms with Crippen LogP contribution in [0.5, 0.6) is 0 Å². The minimum absolute atomic E-state index is 0.0158. The normalized spacial score (nSPS) is 13.3. The summed E-state index contributed by atoms with van der Waals surface area (Å²) in [5.41, 5.74) is 0.113. The summed E-state index contributed by atoms with van der Waals surface area (Å²) < 4.78 is 5.37. The van der Waals surface area contributed by atoms with E-state index in [1.165, 1.54) is 44.9 Å². The molecule has 0 aliphatic carbocycles. The summed E-state index contributed by atoms with van der Waals surface area (Å²) in [5, 5.41) is 0. The van der Waals surface area contributed by atoms with Gasteiger partial charge in [0.15, 0.2) is 0 Å². The van der Waals surface area contributed by atoms with Crippen LogP contribution in [0.2, 0.25) is 25.2 Å². The molecule has 0 aromatic heterocycles. The smallest absolute Gasteiger partial charge is 0.305 e. The summed E-state index contributed by atoms with van der Waals surface area (Å²) in [5.74, 6) is 0.0158. The van der Waals surface area contributed by atoms with E-state index in [2.05, 4.69) is 26.6 Å². The number of unbranched alkanes of at least 4 members (excludes halogenated alkanes) is 7. The van der Waals surface area contributed by atoms with E-state index in [-0.39, 0.29) is 11.5 Å². The highest BCUT2D eigenvalue weighted by atomic mass is 28.3. The number of rotatable bonds is 11. The lowest BCUT2D eigenvalue weighted by Crippen LogP contribution is -2.32. The lowest BCUT2D eigenvalue weighted by atomic mass is 10.1. The van der Waals surface area contributed by atoms with Crippen LogP contribution < -0.4 is 0 Å². The van der Waals surface area contributed by atoms with Gasteiger partial charge in [0.1, 0.15) is 0 Å². The Morgan fingerprint density at radius 2 is 1.42 bits per heavy atom. The monoisotopic (exact) mass is 286 g/mol. The molecule has 19 heavy (non-hydrogen) atoms. The minimum atomic E-state index is -1.39. The van der Waals surface area contributed by atoms with Gasteiger partial charge < -0.3 is 4.74 Å². The van der Waals surface area contributed by atoms with Crippen molar-refractivity contribution in [2.24, 2.45) is 0 Å². The highest BCUT2D eigenvalue weighted by Crippen LogP contribution is 2.22. The zero-order valence-corrected chi connectivity index (χ0v) is 14.8. The molecule has 0 aromatic rings. The van der Waals surface area contributed by atoms with Gasteiger partial charge in [-0.25, -0.2) is 0 Å². The van der Waals surface area contributed by atoms with Crippen molar-refractivity contribution in [2.45, 2.75) is 90.4 Å². The Balaban J connectivity index is 3.42. The van der Waals surface area contributed by atoms with Gasteiger partial charge in [-0.2, -0.15) is 0 Å². The van der Waals surface area contributed by atoms with Crippen LogP contribution in [-0.2, 0) is 9.53 Å². The Bertz CT molecular complexity index is 233. The Kier molecular flexibility index (Phi) is 10.3. The molecular formula is C16H34O2Si. The minimum Gasteiger partial charge on any atom is -0.466 e. The number of ether oxygens (including phenoxy) is 1. The number of carbonyl (C=O) groups excluding carboxylic acids is 1. The van der Waals surface area contributed by atoms with E-state index < -0.39 is 8.07 Å². The van der Waals surface area contributed by atoms with Gasteiger partial charge >= 0.3 is 5.97 Å². The molecule has 0 saturated carbocycles. The summed E-state index contributed by atoms with van der Waals surface area (Å²) in [6, 6.07) is 0. The SMILES string of the molecule is CCCCCCCCCCOC(=O)C(C)[Si](C)(C)C. The van der Waals surface area contributed by atoms with E-state index in [0.29, 0.717) is 6.61 Å². The molecule has 0 aromatic carbocycles. The van der Waals surface area contributed by atoms with Crippen LogP contribution in [0.3, 0.4) is 0 Å². The van der Waals surface area contributed by atoms with Crippen molar-refractivity contribution < 1.29 is 9.53 Å². The Morgan fingerprint density at radius 1 is 0.947 bits per heavy atom. The zero-order chi connectivity index (χ0) is 14.7. The fourth-order valence-electron chi connectivity index (χ4n) is 1.89. The molecule has 2 nitrogen and oxygen atoms in total. The summed E-state index contributed by atoms with van der Waals surface area (Å²) in [6.45, 7) is 11.5. The van der Waals surface area contributed by atoms with Crippen molar-refractivity contribution in [3.63, 3.8) is 0 Å². The van der Waals surface area contributed by atoms with Gasteiger partial charge in [0.25, 0.3) is 0 Å². The topological polar surface area (TPSA) is 26.3 Å². The van der Waals surface area contributed by atoms with Gasteiger partial charge in [0.05, 0.1) is 14.7 Å². The zero-order valence-electron chi connectivity index (χ0n) is 13.8. The van der Waals surface area contributed by atoms with Gasteiger partial charge in [0.2, 0.25) is 0 Å². The van der Waals surface area contributed by atoms with E-state index >= 15 is 0 Å². The molecule has 3 heteroatoms. The molecular weight excluding hydrogens is 252 g/mol. The Morgan fingerprint density at radius 3 is 1.89 bits per heavy atom. The van der Waals surface area contributed by atoms with Crippen molar-refractivity contribution in [3.8, 4) is 0 Å². The molecule has 114 valence electrons. The van der Waals surface area contributed by atoms with Crippen molar-refractivity contribution >= 4 is 14.0 Å². The third-order valence-electron chi connectivity index (χ3n) is 3.89. The van der Waals surface area contributed by atoms with Crippen LogP contribution in [0.4, 0.5) is 0 Å². The average Bonchev–Trinajstić information content (AvgIpc) is 2.34. The molecule has 0 rings (SSSR count). The molecule has 0 fully saturated rings. The fraction of sp³-hybridized carbons (Fsp3) is 0.938. The number of hydrogen-bond acceptors (Lipinski definition) is 2. The van der Waals surface area contributed by atoms with E-state index in [0.717, 1.165) is 6.42 Å². The van der Waals surface area contributed by atoms with Gasteiger partial charge in [-0.15, -0.1) is 0 Å².